The third kappa shape index (κ3) is 4.39. The van der Waals surface area contributed by atoms with E-state index in [0.717, 1.165) is 48.8 Å². The van der Waals surface area contributed by atoms with Crippen molar-refractivity contribution in [2.75, 3.05) is 31.2 Å². The fraction of sp³-hybridized carbons (Fsp3) is 0.296. The molecule has 1 aliphatic heterocycles. The maximum absolute atomic E-state index is 13.3. The molecule has 4 aromatic rings. The lowest BCUT2D eigenvalue weighted by atomic mass is 10.0. The van der Waals surface area contributed by atoms with Crippen LogP contribution in [-0.2, 0) is 17.6 Å². The van der Waals surface area contributed by atoms with Crippen LogP contribution < -0.4 is 4.90 Å². The van der Waals surface area contributed by atoms with Gasteiger partial charge in [0.25, 0.3) is 0 Å². The summed E-state index contributed by atoms with van der Waals surface area (Å²) < 4.78 is 7.39. The van der Waals surface area contributed by atoms with Crippen molar-refractivity contribution < 1.29 is 9.53 Å². The molecule has 0 atom stereocenters. The molecule has 0 spiro atoms. The number of aromatic nitrogens is 3. The third-order valence-corrected chi connectivity index (χ3v) is 6.27. The zero-order valence-corrected chi connectivity index (χ0v) is 18.9. The Bertz CT molecular complexity index is 1240. The second-order valence-electron chi connectivity index (χ2n) is 8.30. The topological polar surface area (TPSA) is 59.7 Å². The summed E-state index contributed by atoms with van der Waals surface area (Å²) in [6, 6.07) is 16.5. The lowest BCUT2D eigenvalue weighted by Gasteiger charge is -2.28. The maximum atomic E-state index is 13.3. The Morgan fingerprint density at radius 1 is 1.03 bits per heavy atom. The highest BCUT2D eigenvalue weighted by atomic mass is 16.5. The Hall–Kier alpha value is -3.51. The van der Waals surface area contributed by atoms with Gasteiger partial charge in [-0.15, -0.1) is 0 Å². The van der Waals surface area contributed by atoms with E-state index in [1.807, 2.05) is 34.9 Å². The zero-order chi connectivity index (χ0) is 22.6. The maximum Gasteiger partial charge on any atom is 0.181 e. The molecular formula is C27H28N4O2. The second-order valence-corrected chi connectivity index (χ2v) is 8.30. The van der Waals surface area contributed by atoms with Gasteiger partial charge < -0.3 is 9.64 Å². The molecule has 0 saturated carbocycles. The molecule has 0 bridgehead atoms. The summed E-state index contributed by atoms with van der Waals surface area (Å²) in [5, 5.41) is 0. The van der Waals surface area contributed by atoms with E-state index < -0.39 is 0 Å². The molecule has 1 fully saturated rings. The molecule has 3 aromatic heterocycles. The fourth-order valence-electron chi connectivity index (χ4n) is 4.48. The number of ether oxygens (including phenoxy) is 1. The predicted molar refractivity (Wildman–Crippen MR) is 130 cm³/mol. The number of pyridine rings is 2. The van der Waals surface area contributed by atoms with Crippen molar-refractivity contribution in [3.05, 3.63) is 84.1 Å². The average molecular weight is 441 g/mol. The summed E-state index contributed by atoms with van der Waals surface area (Å²) in [4.78, 5) is 24.6. The van der Waals surface area contributed by atoms with Gasteiger partial charge in [-0.2, -0.15) is 0 Å². The summed E-state index contributed by atoms with van der Waals surface area (Å²) in [6.45, 7) is 5.45. The molecule has 1 saturated heterocycles. The summed E-state index contributed by atoms with van der Waals surface area (Å²) in [5.41, 5.74) is 6.81. The van der Waals surface area contributed by atoms with Crippen LogP contribution in [0.1, 0.15) is 35.1 Å². The van der Waals surface area contributed by atoms with Crippen molar-refractivity contribution in [2.24, 2.45) is 0 Å². The molecule has 0 unspecified atom stereocenters. The Morgan fingerprint density at radius 2 is 1.79 bits per heavy atom. The number of nitrogens with zero attached hydrogens (tertiary/aromatic N) is 4. The van der Waals surface area contributed by atoms with Crippen LogP contribution in [0.5, 0.6) is 0 Å². The monoisotopic (exact) mass is 440 g/mol. The first-order chi connectivity index (χ1) is 16.2. The van der Waals surface area contributed by atoms with Gasteiger partial charge in [0.1, 0.15) is 11.3 Å². The summed E-state index contributed by atoms with van der Waals surface area (Å²) in [6.07, 6.45) is 7.38. The normalized spacial score (nSPS) is 14.0. The number of carbonyl (C=O) groups is 1. The first kappa shape index (κ1) is 21.3. The lowest BCUT2D eigenvalue weighted by molar-refractivity contribution is 0.0976. The van der Waals surface area contributed by atoms with Gasteiger partial charge >= 0.3 is 0 Å². The highest BCUT2D eigenvalue weighted by Gasteiger charge is 2.20. The van der Waals surface area contributed by atoms with Gasteiger partial charge in [-0.1, -0.05) is 19.1 Å². The van der Waals surface area contributed by atoms with Gasteiger partial charge in [0.2, 0.25) is 0 Å². The molecule has 0 N–H and O–H groups in total. The number of imidazole rings is 1. The number of Topliss-reactive ketones (excluding diaryl/α,β-unsaturated/α-hetero) is 1. The van der Waals surface area contributed by atoms with Crippen molar-refractivity contribution >= 4 is 17.1 Å². The minimum absolute atomic E-state index is 0.128. The molecule has 5 rings (SSSR count). The van der Waals surface area contributed by atoms with Crippen LogP contribution >= 0.6 is 0 Å². The van der Waals surface area contributed by atoms with E-state index in [2.05, 4.69) is 41.1 Å². The number of morpholine rings is 1. The van der Waals surface area contributed by atoms with Crippen LogP contribution in [0.15, 0.2) is 67.1 Å². The molecule has 33 heavy (non-hydrogen) atoms. The Kier molecular flexibility index (Phi) is 6.17. The number of carbonyl (C=O) groups excluding carboxylic acids is 1. The average Bonchev–Trinajstić information content (AvgIpc) is 3.27. The molecular weight excluding hydrogens is 412 g/mol. The number of anilines is 1. The molecule has 1 aromatic carbocycles. The van der Waals surface area contributed by atoms with Gasteiger partial charge in [-0.3, -0.25) is 14.2 Å². The molecule has 1 aliphatic rings. The van der Waals surface area contributed by atoms with Gasteiger partial charge in [0.15, 0.2) is 5.78 Å². The SMILES string of the molecule is CCc1nc2c(-c3ccncc3)cccn2c1C(=O)CCc1ccc(N2CCOCC2)cc1. The van der Waals surface area contributed by atoms with Crippen LogP contribution in [0, 0.1) is 0 Å². The van der Waals surface area contributed by atoms with Crippen molar-refractivity contribution in [3.63, 3.8) is 0 Å². The number of hydrogen-bond donors (Lipinski definition) is 0. The first-order valence-corrected chi connectivity index (χ1v) is 11.6. The minimum atomic E-state index is 0.128. The molecule has 6 heteroatoms. The number of fused-ring (bicyclic) bond motifs is 1. The van der Waals surface area contributed by atoms with E-state index in [9.17, 15) is 4.79 Å². The van der Waals surface area contributed by atoms with Gasteiger partial charge in [-0.25, -0.2) is 4.98 Å². The molecule has 168 valence electrons. The highest BCUT2D eigenvalue weighted by Crippen LogP contribution is 2.27. The molecule has 6 nitrogen and oxygen atoms in total. The Balaban J connectivity index is 1.36. The lowest BCUT2D eigenvalue weighted by Crippen LogP contribution is -2.36. The van der Waals surface area contributed by atoms with Crippen molar-refractivity contribution in [1.29, 1.82) is 0 Å². The molecule has 0 amide bonds. The van der Waals surface area contributed by atoms with Crippen LogP contribution in [-0.4, -0.2) is 46.5 Å². The number of hydrogen-bond acceptors (Lipinski definition) is 5. The van der Waals surface area contributed by atoms with E-state index in [0.29, 0.717) is 25.0 Å². The predicted octanol–water partition coefficient (Wildman–Crippen LogP) is 4.61. The van der Waals surface area contributed by atoms with E-state index in [4.69, 9.17) is 9.72 Å². The first-order valence-electron chi connectivity index (χ1n) is 11.6. The quantitative estimate of drug-likeness (QED) is 0.393. The van der Waals surface area contributed by atoms with Crippen molar-refractivity contribution in [2.45, 2.75) is 26.2 Å². The summed E-state index contributed by atoms with van der Waals surface area (Å²) in [5.74, 6) is 0.128. The third-order valence-electron chi connectivity index (χ3n) is 6.27. The molecule has 4 heterocycles. The van der Waals surface area contributed by atoms with Crippen molar-refractivity contribution in [1.82, 2.24) is 14.4 Å². The van der Waals surface area contributed by atoms with Crippen LogP contribution in [0.4, 0.5) is 5.69 Å². The van der Waals surface area contributed by atoms with Crippen molar-refractivity contribution in [3.8, 4) is 11.1 Å². The van der Waals surface area contributed by atoms with Gasteiger partial charge in [0.05, 0.1) is 18.9 Å². The molecule has 0 radical (unpaired) electrons. The number of benzene rings is 1. The van der Waals surface area contributed by atoms with Crippen LogP contribution in [0.2, 0.25) is 0 Å². The largest absolute Gasteiger partial charge is 0.378 e. The van der Waals surface area contributed by atoms with E-state index in [-0.39, 0.29) is 5.78 Å². The number of rotatable bonds is 7. The zero-order valence-electron chi connectivity index (χ0n) is 18.9. The Labute approximate surface area is 193 Å². The number of ketones is 1. The smallest absolute Gasteiger partial charge is 0.181 e. The van der Waals surface area contributed by atoms with E-state index in [1.165, 1.54) is 11.3 Å². The van der Waals surface area contributed by atoms with Crippen LogP contribution in [0.3, 0.4) is 0 Å². The Morgan fingerprint density at radius 3 is 2.52 bits per heavy atom. The summed E-state index contributed by atoms with van der Waals surface area (Å²) >= 11 is 0. The van der Waals surface area contributed by atoms with E-state index in [1.54, 1.807) is 12.4 Å². The van der Waals surface area contributed by atoms with Gasteiger partial charge in [-0.05, 0) is 60.4 Å². The molecule has 0 aliphatic carbocycles. The fourth-order valence-corrected chi connectivity index (χ4v) is 4.48. The summed E-state index contributed by atoms with van der Waals surface area (Å²) in [7, 11) is 0. The van der Waals surface area contributed by atoms with Crippen LogP contribution in [0.25, 0.3) is 16.8 Å². The second kappa shape index (κ2) is 9.55. The van der Waals surface area contributed by atoms with E-state index >= 15 is 0 Å². The standard InChI is InChI=1S/C27H28N4O2/c1-2-24-26(31-15-3-4-23(27(31)29-24)21-11-13-28-14-12-21)25(32)10-7-20-5-8-22(9-6-20)30-16-18-33-19-17-30/h3-6,8-9,11-15H,2,7,10,16-19H2,1H3. The number of aryl methyl sites for hydroxylation is 2. The van der Waals surface area contributed by atoms with Gasteiger partial charge in [0, 0.05) is 49.4 Å². The highest BCUT2D eigenvalue weighted by molar-refractivity contribution is 5.97. The minimum Gasteiger partial charge on any atom is -0.378 e.